The Labute approximate surface area is 49.4 Å². The lowest BCUT2D eigenvalue weighted by Crippen LogP contribution is -2.45. The third kappa shape index (κ3) is 1.43. The molecule has 48 valence electrons. The average Bonchev–Trinajstić information content (AvgIpc) is 1.90. The Bertz CT molecular complexity index is 61.4. The zero-order valence-corrected chi connectivity index (χ0v) is 5.11. The summed E-state index contributed by atoms with van der Waals surface area (Å²) in [6.07, 6.45) is 0. The van der Waals surface area contributed by atoms with Crippen molar-refractivity contribution in [3.63, 3.8) is 0 Å². The molecule has 1 aliphatic rings. The molecule has 1 unspecified atom stereocenters. The number of nitrogens with one attached hydrogen (secondary N) is 2. The summed E-state index contributed by atoms with van der Waals surface area (Å²) in [6, 6.07) is 0.503. The number of ether oxygens (including phenoxy) is 1. The van der Waals surface area contributed by atoms with Crippen LogP contribution in [0.2, 0.25) is 0 Å². The molecule has 8 heavy (non-hydrogen) atoms. The smallest absolute Gasteiger partial charge is 0.0966 e. The Morgan fingerprint density at radius 3 is 3.00 bits per heavy atom. The van der Waals surface area contributed by atoms with E-state index in [1.807, 2.05) is 7.05 Å². The van der Waals surface area contributed by atoms with Gasteiger partial charge in [-0.2, -0.15) is 0 Å². The molecule has 0 aliphatic carbocycles. The summed E-state index contributed by atoms with van der Waals surface area (Å²) < 4.78 is 5.10. The quantitative estimate of drug-likeness (QED) is 0.468. The summed E-state index contributed by atoms with van der Waals surface area (Å²) in [7, 11) is 1.95. The largest absolute Gasteiger partial charge is 0.365 e. The first-order valence-electron chi connectivity index (χ1n) is 2.89. The molecule has 3 heteroatoms. The molecule has 3 nitrogen and oxygen atoms in total. The molecule has 1 fully saturated rings. The van der Waals surface area contributed by atoms with Gasteiger partial charge < -0.3 is 10.1 Å². The molecule has 2 N–H and O–H groups in total. The fourth-order valence-electron chi connectivity index (χ4n) is 0.751. The van der Waals surface area contributed by atoms with Gasteiger partial charge in [-0.3, -0.25) is 5.32 Å². The Kier molecular flexibility index (Phi) is 2.27. The van der Waals surface area contributed by atoms with Crippen molar-refractivity contribution in [1.29, 1.82) is 0 Å². The zero-order valence-electron chi connectivity index (χ0n) is 5.11. The Morgan fingerprint density at radius 1 is 1.75 bits per heavy atom. The minimum atomic E-state index is 0.503. The maximum Gasteiger partial charge on any atom is 0.0966 e. The molecule has 1 saturated heterocycles. The minimum Gasteiger partial charge on any atom is -0.365 e. The summed E-state index contributed by atoms with van der Waals surface area (Å²) >= 11 is 0. The van der Waals surface area contributed by atoms with Gasteiger partial charge in [-0.25, -0.2) is 0 Å². The lowest BCUT2D eigenvalue weighted by molar-refractivity contribution is 0.0629. The molecule has 1 heterocycles. The lowest BCUT2D eigenvalue weighted by atomic mass is 10.3. The normalized spacial score (nSPS) is 30.4. The Balaban J connectivity index is 2.13. The lowest BCUT2D eigenvalue weighted by Gasteiger charge is -2.21. The van der Waals surface area contributed by atoms with Crippen LogP contribution in [0.4, 0.5) is 0 Å². The predicted octanol–water partition coefficient (Wildman–Crippen LogP) is -0.848. The highest BCUT2D eigenvalue weighted by molar-refractivity contribution is 4.68. The molecule has 1 rings (SSSR count). The summed E-state index contributed by atoms with van der Waals surface area (Å²) in [4.78, 5) is 0. The average molecular weight is 116 g/mol. The molecule has 1 aliphatic heterocycles. The third-order valence-electron chi connectivity index (χ3n) is 1.32. The summed E-state index contributed by atoms with van der Waals surface area (Å²) in [5, 5.41) is 6.22. The van der Waals surface area contributed by atoms with E-state index in [1.165, 1.54) is 0 Å². The number of likely N-dealkylation sites (N-methyl/N-ethyl adjacent to an activating group) is 1. The third-order valence-corrected chi connectivity index (χ3v) is 1.32. The summed E-state index contributed by atoms with van der Waals surface area (Å²) in [5.74, 6) is 0. The van der Waals surface area contributed by atoms with Gasteiger partial charge in [-0.05, 0) is 7.05 Å². The topological polar surface area (TPSA) is 33.3 Å². The van der Waals surface area contributed by atoms with Gasteiger partial charge in [0.15, 0.2) is 0 Å². The molecule has 1 atom stereocenters. The van der Waals surface area contributed by atoms with Crippen molar-refractivity contribution in [2.24, 2.45) is 0 Å². The second-order valence-electron chi connectivity index (χ2n) is 1.95. The van der Waals surface area contributed by atoms with Gasteiger partial charge in [-0.1, -0.05) is 0 Å². The van der Waals surface area contributed by atoms with Crippen LogP contribution in [0.15, 0.2) is 0 Å². The van der Waals surface area contributed by atoms with Crippen LogP contribution in [0.5, 0.6) is 0 Å². The predicted molar refractivity (Wildman–Crippen MR) is 31.7 cm³/mol. The molecular formula is C5H12N2O. The Hall–Kier alpha value is -0.120. The molecule has 0 aromatic rings. The first-order valence-corrected chi connectivity index (χ1v) is 2.89. The van der Waals surface area contributed by atoms with Crippen LogP contribution in [-0.2, 0) is 4.74 Å². The van der Waals surface area contributed by atoms with Crippen LogP contribution in [0.25, 0.3) is 0 Å². The molecule has 0 aromatic carbocycles. The van der Waals surface area contributed by atoms with Crippen LogP contribution in [0.3, 0.4) is 0 Å². The number of hydrogen-bond acceptors (Lipinski definition) is 3. The molecule has 0 bridgehead atoms. The molecule has 0 spiro atoms. The van der Waals surface area contributed by atoms with Crippen molar-refractivity contribution < 1.29 is 4.74 Å². The highest BCUT2D eigenvalue weighted by Crippen LogP contribution is 1.87. The molecule has 0 radical (unpaired) electrons. The van der Waals surface area contributed by atoms with Crippen LogP contribution in [0, 0.1) is 0 Å². The van der Waals surface area contributed by atoms with Crippen molar-refractivity contribution in [3.8, 4) is 0 Å². The van der Waals surface area contributed by atoms with Gasteiger partial charge in [-0.15, -0.1) is 0 Å². The van der Waals surface area contributed by atoms with E-state index in [2.05, 4.69) is 10.6 Å². The summed E-state index contributed by atoms with van der Waals surface area (Å²) in [6.45, 7) is 2.57. The van der Waals surface area contributed by atoms with Crippen LogP contribution in [0.1, 0.15) is 0 Å². The van der Waals surface area contributed by atoms with E-state index in [-0.39, 0.29) is 0 Å². The van der Waals surface area contributed by atoms with E-state index in [9.17, 15) is 0 Å². The van der Waals surface area contributed by atoms with Crippen molar-refractivity contribution in [2.45, 2.75) is 6.04 Å². The van der Waals surface area contributed by atoms with Crippen LogP contribution >= 0.6 is 0 Å². The fourth-order valence-corrected chi connectivity index (χ4v) is 0.751. The van der Waals surface area contributed by atoms with Crippen molar-refractivity contribution in [3.05, 3.63) is 0 Å². The summed E-state index contributed by atoms with van der Waals surface area (Å²) in [5.41, 5.74) is 0. The second-order valence-corrected chi connectivity index (χ2v) is 1.95. The van der Waals surface area contributed by atoms with Crippen LogP contribution < -0.4 is 10.6 Å². The zero-order chi connectivity index (χ0) is 5.82. The van der Waals surface area contributed by atoms with E-state index in [4.69, 9.17) is 4.74 Å². The molecule has 0 amide bonds. The molecule has 0 saturated carbocycles. The van der Waals surface area contributed by atoms with E-state index in [0.29, 0.717) is 12.8 Å². The van der Waals surface area contributed by atoms with Gasteiger partial charge >= 0.3 is 0 Å². The van der Waals surface area contributed by atoms with Gasteiger partial charge in [0.1, 0.15) is 0 Å². The first-order chi connectivity index (χ1) is 3.93. The van der Waals surface area contributed by atoms with E-state index < -0.39 is 0 Å². The van der Waals surface area contributed by atoms with Crippen molar-refractivity contribution in [1.82, 2.24) is 10.6 Å². The first kappa shape index (κ1) is 6.01. The monoisotopic (exact) mass is 116 g/mol. The minimum absolute atomic E-state index is 0.503. The highest BCUT2D eigenvalue weighted by atomic mass is 16.5. The van der Waals surface area contributed by atoms with E-state index in [1.54, 1.807) is 0 Å². The highest BCUT2D eigenvalue weighted by Gasteiger charge is 2.08. The van der Waals surface area contributed by atoms with Gasteiger partial charge in [0.2, 0.25) is 0 Å². The van der Waals surface area contributed by atoms with E-state index in [0.717, 1.165) is 13.2 Å². The second kappa shape index (κ2) is 3.02. The van der Waals surface area contributed by atoms with Gasteiger partial charge in [0, 0.05) is 12.6 Å². The standard InChI is InChI=1S/C5H12N2O/c1-6-5-2-7-4-8-3-5/h5-7H,2-4H2,1H3. The maximum atomic E-state index is 5.10. The van der Waals surface area contributed by atoms with Crippen LogP contribution in [-0.4, -0.2) is 33.0 Å². The van der Waals surface area contributed by atoms with Gasteiger partial charge in [0.25, 0.3) is 0 Å². The number of rotatable bonds is 1. The molecular weight excluding hydrogens is 104 g/mol. The van der Waals surface area contributed by atoms with Gasteiger partial charge in [0.05, 0.1) is 13.3 Å². The maximum absolute atomic E-state index is 5.10. The number of hydrogen-bond donors (Lipinski definition) is 2. The molecule has 0 aromatic heterocycles. The SMILES string of the molecule is CNC1CNCOC1. The van der Waals surface area contributed by atoms with Crippen molar-refractivity contribution >= 4 is 0 Å². The fraction of sp³-hybridized carbons (Fsp3) is 1.00. The van der Waals surface area contributed by atoms with E-state index >= 15 is 0 Å². The Morgan fingerprint density at radius 2 is 2.62 bits per heavy atom. The van der Waals surface area contributed by atoms with Crippen molar-refractivity contribution in [2.75, 3.05) is 26.9 Å².